The molecular weight excluding hydrogens is 417 g/mol. The Morgan fingerprint density at radius 2 is 2.09 bits per heavy atom. The van der Waals surface area contributed by atoms with Crippen LogP contribution in [0.25, 0.3) is 5.69 Å². The van der Waals surface area contributed by atoms with Crippen LogP contribution in [0, 0.1) is 0 Å². The molecule has 168 valence electrons. The highest BCUT2D eigenvalue weighted by Crippen LogP contribution is 2.28. The first-order valence-corrected chi connectivity index (χ1v) is 10.2. The van der Waals surface area contributed by atoms with Crippen LogP contribution in [0.5, 0.6) is 0 Å². The second kappa shape index (κ2) is 8.91. The van der Waals surface area contributed by atoms with Crippen molar-refractivity contribution in [1.82, 2.24) is 19.6 Å². The van der Waals surface area contributed by atoms with Gasteiger partial charge < -0.3 is 9.47 Å². The van der Waals surface area contributed by atoms with Gasteiger partial charge >= 0.3 is 6.09 Å². The second-order valence-electron chi connectivity index (χ2n) is 7.71. The minimum atomic E-state index is -2.02. The number of carbonyl (C=O) groups is 1. The quantitative estimate of drug-likeness (QED) is 0.605. The Hall–Kier alpha value is -3.53. The Morgan fingerprint density at radius 3 is 2.81 bits per heavy atom. The minimum absolute atomic E-state index is 0.00943. The lowest BCUT2D eigenvalue weighted by Gasteiger charge is -2.30. The van der Waals surface area contributed by atoms with E-state index < -0.39 is 11.9 Å². The number of hydrogen-bond donors (Lipinski definition) is 0. The van der Waals surface area contributed by atoms with Crippen LogP contribution in [-0.4, -0.2) is 51.8 Å². The van der Waals surface area contributed by atoms with Gasteiger partial charge in [-0.05, 0) is 17.7 Å². The van der Waals surface area contributed by atoms with Gasteiger partial charge in [0, 0.05) is 51.3 Å². The van der Waals surface area contributed by atoms with Crippen molar-refractivity contribution < 1.29 is 18.7 Å². The van der Waals surface area contributed by atoms with Crippen LogP contribution in [0.3, 0.4) is 0 Å². The predicted octanol–water partition coefficient (Wildman–Crippen LogP) is 2.61. The van der Waals surface area contributed by atoms with Gasteiger partial charge in [0.25, 0.3) is 5.85 Å². The van der Waals surface area contributed by atoms with E-state index in [9.17, 15) is 14.0 Å². The van der Waals surface area contributed by atoms with E-state index in [-0.39, 0.29) is 37.9 Å². The lowest BCUT2D eigenvalue weighted by molar-refractivity contribution is -0.150. The first kappa shape index (κ1) is 21.7. The number of anilines is 1. The molecule has 1 aliphatic heterocycles. The van der Waals surface area contributed by atoms with Gasteiger partial charge in [0.05, 0.1) is 25.6 Å². The van der Waals surface area contributed by atoms with Crippen LogP contribution in [0.1, 0.15) is 24.1 Å². The number of nitrogens with zero attached hydrogens (tertiary/aromatic N) is 5. The van der Waals surface area contributed by atoms with E-state index in [1.54, 1.807) is 53.2 Å². The van der Waals surface area contributed by atoms with Gasteiger partial charge in [0.2, 0.25) is 5.43 Å². The first-order valence-electron chi connectivity index (χ1n) is 10.2. The normalized spacial score (nSPS) is 15.3. The van der Waals surface area contributed by atoms with Gasteiger partial charge in [-0.15, -0.1) is 0 Å². The zero-order valence-electron chi connectivity index (χ0n) is 17.9. The number of aryl methyl sites for hydroxylation is 1. The summed E-state index contributed by atoms with van der Waals surface area (Å²) >= 11 is 0. The van der Waals surface area contributed by atoms with Crippen LogP contribution < -0.4 is 10.3 Å². The number of hydrogen-bond acceptors (Lipinski definition) is 6. The lowest BCUT2D eigenvalue weighted by Crippen LogP contribution is -2.40. The molecule has 0 N–H and O–H groups in total. The van der Waals surface area contributed by atoms with Crippen LogP contribution in [0.2, 0.25) is 0 Å². The molecule has 1 amide bonds. The third-order valence-electron chi connectivity index (χ3n) is 5.29. The molecule has 0 bridgehead atoms. The molecule has 9 nitrogen and oxygen atoms in total. The van der Waals surface area contributed by atoms with Crippen molar-refractivity contribution in [1.29, 1.82) is 0 Å². The van der Waals surface area contributed by atoms with E-state index in [2.05, 4.69) is 10.2 Å². The highest BCUT2D eigenvalue weighted by Gasteiger charge is 2.37. The fourth-order valence-corrected chi connectivity index (χ4v) is 3.42. The maximum Gasteiger partial charge on any atom is 0.416 e. The van der Waals surface area contributed by atoms with Crippen molar-refractivity contribution in [3.8, 4) is 5.69 Å². The molecule has 0 saturated carbocycles. The van der Waals surface area contributed by atoms with Gasteiger partial charge in [-0.2, -0.15) is 14.6 Å². The van der Waals surface area contributed by atoms with Crippen molar-refractivity contribution in [3.63, 3.8) is 0 Å². The number of ether oxygens (including phenoxy) is 2. The standard InChI is InChI=1S/C22H24FN5O4/c1-26-15-18(14-24-26)28-9-6-20(29)19(25-28)13-16-4-3-5-17(12-16)27(2)21(30)32-22(23)7-10-31-11-8-22/h3-6,9,12,14-15H,7-8,10-11,13H2,1-2H3. The molecule has 0 spiro atoms. The van der Waals surface area contributed by atoms with Crippen molar-refractivity contribution in [2.24, 2.45) is 7.05 Å². The number of halogens is 1. The Balaban J connectivity index is 1.51. The average molecular weight is 441 g/mol. The van der Waals surface area contributed by atoms with E-state index in [4.69, 9.17) is 9.47 Å². The molecule has 1 aromatic carbocycles. The number of rotatable bonds is 5. The Labute approximate surface area is 184 Å². The van der Waals surface area contributed by atoms with Crippen LogP contribution in [0.4, 0.5) is 14.9 Å². The topological polar surface area (TPSA) is 91.5 Å². The molecule has 1 fully saturated rings. The molecule has 32 heavy (non-hydrogen) atoms. The molecule has 0 radical (unpaired) electrons. The van der Waals surface area contributed by atoms with Crippen molar-refractivity contribution in [2.45, 2.75) is 25.1 Å². The summed E-state index contributed by atoms with van der Waals surface area (Å²) in [5.41, 5.74) is 2.19. The largest absolute Gasteiger partial charge is 0.416 e. The van der Waals surface area contributed by atoms with E-state index in [0.717, 1.165) is 11.3 Å². The summed E-state index contributed by atoms with van der Waals surface area (Å²) in [6.45, 7) is 0.424. The van der Waals surface area contributed by atoms with Crippen molar-refractivity contribution in [2.75, 3.05) is 25.2 Å². The number of benzene rings is 1. The molecule has 0 atom stereocenters. The Morgan fingerprint density at radius 1 is 1.31 bits per heavy atom. The molecule has 3 aromatic rings. The summed E-state index contributed by atoms with van der Waals surface area (Å²) in [4.78, 5) is 26.1. The van der Waals surface area contributed by atoms with Gasteiger partial charge in [0.1, 0.15) is 11.4 Å². The Bertz CT molecular complexity index is 1170. The highest BCUT2D eigenvalue weighted by molar-refractivity contribution is 5.87. The highest BCUT2D eigenvalue weighted by atomic mass is 19.2. The number of aromatic nitrogens is 4. The fraction of sp³-hybridized carbons (Fsp3) is 0.364. The molecule has 10 heteroatoms. The number of carbonyl (C=O) groups excluding carboxylic acids is 1. The van der Waals surface area contributed by atoms with E-state index in [1.165, 1.54) is 18.0 Å². The molecule has 2 aromatic heterocycles. The molecule has 1 saturated heterocycles. The maximum atomic E-state index is 14.7. The van der Waals surface area contributed by atoms with E-state index >= 15 is 0 Å². The van der Waals surface area contributed by atoms with Gasteiger partial charge in [-0.3, -0.25) is 14.4 Å². The number of amides is 1. The maximum absolute atomic E-state index is 14.7. The molecular formula is C22H24FN5O4. The number of alkyl halides is 1. The summed E-state index contributed by atoms with van der Waals surface area (Å²) < 4.78 is 28.2. The predicted molar refractivity (Wildman–Crippen MR) is 115 cm³/mol. The molecule has 0 unspecified atom stereocenters. The third kappa shape index (κ3) is 4.86. The molecule has 1 aliphatic rings. The second-order valence-corrected chi connectivity index (χ2v) is 7.71. The van der Waals surface area contributed by atoms with E-state index in [0.29, 0.717) is 11.4 Å². The zero-order chi connectivity index (χ0) is 22.7. The SMILES string of the molecule is CN(C(=O)OC1(F)CCOCC1)c1cccc(Cc2nn(-c3cnn(C)c3)ccc2=O)c1. The Kier molecular flexibility index (Phi) is 6.04. The first-order chi connectivity index (χ1) is 15.3. The van der Waals surface area contributed by atoms with Crippen molar-refractivity contribution in [3.05, 3.63) is 70.4 Å². The third-order valence-corrected chi connectivity index (χ3v) is 5.29. The summed E-state index contributed by atoms with van der Waals surface area (Å²) in [5, 5.41) is 8.55. The zero-order valence-corrected chi connectivity index (χ0v) is 17.9. The van der Waals surface area contributed by atoms with Crippen LogP contribution in [-0.2, 0) is 22.9 Å². The smallest absolute Gasteiger partial charge is 0.412 e. The van der Waals surface area contributed by atoms with Crippen molar-refractivity contribution >= 4 is 11.8 Å². The molecule has 0 aliphatic carbocycles. The van der Waals surface area contributed by atoms with Gasteiger partial charge in [0.15, 0.2) is 0 Å². The van der Waals surface area contributed by atoms with Crippen LogP contribution in [0.15, 0.2) is 53.7 Å². The fourth-order valence-electron chi connectivity index (χ4n) is 3.42. The lowest BCUT2D eigenvalue weighted by atomic mass is 10.1. The summed E-state index contributed by atoms with van der Waals surface area (Å²) in [7, 11) is 3.31. The monoisotopic (exact) mass is 441 g/mol. The minimum Gasteiger partial charge on any atom is -0.412 e. The van der Waals surface area contributed by atoms with Gasteiger partial charge in [-0.25, -0.2) is 9.48 Å². The summed E-state index contributed by atoms with van der Waals surface area (Å²) in [5.74, 6) is -2.02. The van der Waals surface area contributed by atoms with Gasteiger partial charge in [-0.1, -0.05) is 12.1 Å². The average Bonchev–Trinajstić information content (AvgIpc) is 3.21. The molecule has 4 rings (SSSR count). The summed E-state index contributed by atoms with van der Waals surface area (Å²) in [6, 6.07) is 8.51. The summed E-state index contributed by atoms with van der Waals surface area (Å²) in [6.07, 6.45) is 4.53. The van der Waals surface area contributed by atoms with E-state index in [1.807, 2.05) is 6.07 Å². The molecule has 3 heterocycles. The van der Waals surface area contributed by atoms with Crippen LogP contribution >= 0.6 is 0 Å².